The SMILES string of the molecule is N=C(N)c1cc(F)ccc1COc1ccc(F)c(F)c1. The van der Waals surface area contributed by atoms with Crippen LogP contribution in [0, 0.1) is 22.9 Å². The van der Waals surface area contributed by atoms with Crippen molar-refractivity contribution in [3.05, 3.63) is 65.0 Å². The van der Waals surface area contributed by atoms with Crippen LogP contribution in [0.1, 0.15) is 11.1 Å². The Balaban J connectivity index is 2.18. The molecule has 6 heteroatoms. The molecule has 0 aromatic heterocycles. The first kappa shape index (κ1) is 13.9. The van der Waals surface area contributed by atoms with Crippen molar-refractivity contribution in [3.63, 3.8) is 0 Å². The number of halogens is 3. The third-order valence-corrected chi connectivity index (χ3v) is 2.65. The number of rotatable bonds is 4. The number of nitrogens with one attached hydrogen (secondary N) is 1. The number of amidine groups is 1. The van der Waals surface area contributed by atoms with E-state index >= 15 is 0 Å². The molecule has 0 spiro atoms. The molecule has 0 saturated carbocycles. The normalized spacial score (nSPS) is 10.3. The summed E-state index contributed by atoms with van der Waals surface area (Å²) in [7, 11) is 0. The summed E-state index contributed by atoms with van der Waals surface area (Å²) in [4.78, 5) is 0. The third kappa shape index (κ3) is 3.09. The van der Waals surface area contributed by atoms with Gasteiger partial charge in [-0.3, -0.25) is 5.41 Å². The topological polar surface area (TPSA) is 59.1 Å². The van der Waals surface area contributed by atoms with E-state index in [1.165, 1.54) is 18.2 Å². The number of nitrogens with two attached hydrogens (primary N) is 1. The summed E-state index contributed by atoms with van der Waals surface area (Å²) in [6.07, 6.45) is 0. The van der Waals surface area contributed by atoms with Crippen LogP contribution in [-0.2, 0) is 6.61 Å². The minimum Gasteiger partial charge on any atom is -0.489 e. The summed E-state index contributed by atoms with van der Waals surface area (Å²) in [6.45, 7) is -0.0414. The highest BCUT2D eigenvalue weighted by Gasteiger charge is 2.09. The first-order valence-electron chi connectivity index (χ1n) is 5.68. The molecule has 2 aromatic carbocycles. The van der Waals surface area contributed by atoms with Crippen LogP contribution in [0.15, 0.2) is 36.4 Å². The van der Waals surface area contributed by atoms with E-state index in [0.717, 1.165) is 18.2 Å². The Bertz CT molecular complexity index is 659. The maximum Gasteiger partial charge on any atom is 0.162 e. The zero-order chi connectivity index (χ0) is 14.7. The number of nitrogen functional groups attached to an aromatic ring is 1. The molecule has 0 unspecified atom stereocenters. The average Bonchev–Trinajstić information content (AvgIpc) is 2.41. The largest absolute Gasteiger partial charge is 0.489 e. The monoisotopic (exact) mass is 280 g/mol. The van der Waals surface area contributed by atoms with E-state index in [2.05, 4.69) is 0 Å². The van der Waals surface area contributed by atoms with E-state index in [1.54, 1.807) is 0 Å². The lowest BCUT2D eigenvalue weighted by molar-refractivity contribution is 0.303. The van der Waals surface area contributed by atoms with Crippen LogP contribution in [0.3, 0.4) is 0 Å². The zero-order valence-electron chi connectivity index (χ0n) is 10.3. The Hall–Kier alpha value is -2.50. The molecule has 2 aromatic rings. The third-order valence-electron chi connectivity index (χ3n) is 2.65. The second-order valence-electron chi connectivity index (χ2n) is 4.08. The van der Waals surface area contributed by atoms with Gasteiger partial charge in [-0.25, -0.2) is 13.2 Å². The minimum atomic E-state index is -1.02. The lowest BCUT2D eigenvalue weighted by Gasteiger charge is -2.10. The summed E-state index contributed by atoms with van der Waals surface area (Å²) in [5.74, 6) is -2.68. The van der Waals surface area contributed by atoms with Crippen LogP contribution >= 0.6 is 0 Å². The molecule has 0 aliphatic rings. The lowest BCUT2D eigenvalue weighted by Crippen LogP contribution is -2.15. The van der Waals surface area contributed by atoms with Gasteiger partial charge in [0.2, 0.25) is 0 Å². The summed E-state index contributed by atoms with van der Waals surface area (Å²) in [5.41, 5.74) is 6.02. The molecular weight excluding hydrogens is 269 g/mol. The van der Waals surface area contributed by atoms with Crippen molar-refractivity contribution in [1.29, 1.82) is 5.41 Å². The Labute approximate surface area is 113 Å². The van der Waals surface area contributed by atoms with Gasteiger partial charge in [-0.15, -0.1) is 0 Å². The number of ether oxygens (including phenoxy) is 1. The van der Waals surface area contributed by atoms with E-state index in [9.17, 15) is 13.2 Å². The van der Waals surface area contributed by atoms with Crippen molar-refractivity contribution in [3.8, 4) is 5.75 Å². The zero-order valence-corrected chi connectivity index (χ0v) is 10.3. The van der Waals surface area contributed by atoms with Gasteiger partial charge >= 0.3 is 0 Å². The lowest BCUT2D eigenvalue weighted by atomic mass is 10.1. The van der Waals surface area contributed by atoms with Crippen molar-refractivity contribution >= 4 is 5.84 Å². The van der Waals surface area contributed by atoms with Crippen molar-refractivity contribution in [2.75, 3.05) is 0 Å². The maximum atomic E-state index is 13.1. The first-order chi connectivity index (χ1) is 9.47. The Kier molecular flexibility index (Phi) is 3.93. The fourth-order valence-corrected chi connectivity index (χ4v) is 1.65. The van der Waals surface area contributed by atoms with Crippen molar-refractivity contribution in [1.82, 2.24) is 0 Å². The molecule has 0 atom stereocenters. The predicted molar refractivity (Wildman–Crippen MR) is 68.1 cm³/mol. The van der Waals surface area contributed by atoms with Gasteiger partial charge in [0.25, 0.3) is 0 Å². The summed E-state index contributed by atoms with van der Waals surface area (Å²) in [5, 5.41) is 7.36. The second-order valence-corrected chi connectivity index (χ2v) is 4.08. The quantitative estimate of drug-likeness (QED) is 0.668. The molecule has 0 radical (unpaired) electrons. The highest BCUT2D eigenvalue weighted by Crippen LogP contribution is 2.18. The van der Waals surface area contributed by atoms with Crippen LogP contribution in [0.25, 0.3) is 0 Å². The minimum absolute atomic E-state index is 0.0414. The fraction of sp³-hybridized carbons (Fsp3) is 0.0714. The van der Waals surface area contributed by atoms with Gasteiger partial charge in [-0.2, -0.15) is 0 Å². The van der Waals surface area contributed by atoms with Gasteiger partial charge in [0.1, 0.15) is 24.0 Å². The van der Waals surface area contributed by atoms with E-state index < -0.39 is 17.5 Å². The van der Waals surface area contributed by atoms with E-state index in [1.807, 2.05) is 0 Å². The van der Waals surface area contributed by atoms with E-state index in [-0.39, 0.29) is 23.8 Å². The predicted octanol–water partition coefficient (Wildman–Crippen LogP) is 2.97. The van der Waals surface area contributed by atoms with Crippen molar-refractivity contribution in [2.45, 2.75) is 6.61 Å². The molecule has 0 bridgehead atoms. The van der Waals surface area contributed by atoms with Gasteiger partial charge in [0.15, 0.2) is 11.6 Å². The maximum absolute atomic E-state index is 13.1. The molecule has 3 N–H and O–H groups in total. The summed E-state index contributed by atoms with van der Waals surface area (Å²) >= 11 is 0. The smallest absolute Gasteiger partial charge is 0.162 e. The van der Waals surface area contributed by atoms with E-state index in [4.69, 9.17) is 15.9 Å². The molecular formula is C14H11F3N2O. The highest BCUT2D eigenvalue weighted by atomic mass is 19.2. The van der Waals surface area contributed by atoms with E-state index in [0.29, 0.717) is 5.56 Å². The van der Waals surface area contributed by atoms with Gasteiger partial charge in [0, 0.05) is 17.2 Å². The molecule has 20 heavy (non-hydrogen) atoms. The van der Waals surface area contributed by atoms with Gasteiger partial charge in [-0.1, -0.05) is 6.07 Å². The molecule has 0 heterocycles. The van der Waals surface area contributed by atoms with Gasteiger partial charge < -0.3 is 10.5 Å². The second kappa shape index (κ2) is 5.64. The Morgan fingerprint density at radius 3 is 2.45 bits per heavy atom. The highest BCUT2D eigenvalue weighted by molar-refractivity contribution is 5.96. The van der Waals surface area contributed by atoms with Crippen LogP contribution in [0.5, 0.6) is 5.75 Å². The van der Waals surface area contributed by atoms with Crippen molar-refractivity contribution in [2.24, 2.45) is 5.73 Å². The Morgan fingerprint density at radius 1 is 1.05 bits per heavy atom. The first-order valence-corrected chi connectivity index (χ1v) is 5.68. The number of hydrogen-bond acceptors (Lipinski definition) is 2. The molecule has 0 aliphatic heterocycles. The standard InChI is InChI=1S/C14H11F3N2O/c15-9-2-1-8(11(5-9)14(18)19)7-20-10-3-4-12(16)13(17)6-10/h1-6H,7H2,(H3,18,19). The summed E-state index contributed by atoms with van der Waals surface area (Å²) < 4.78 is 44.1. The fourth-order valence-electron chi connectivity index (χ4n) is 1.65. The molecule has 2 rings (SSSR count). The molecule has 3 nitrogen and oxygen atoms in total. The molecule has 0 saturated heterocycles. The molecule has 0 fully saturated rings. The number of hydrogen-bond donors (Lipinski definition) is 2. The van der Waals surface area contributed by atoms with Crippen LogP contribution < -0.4 is 10.5 Å². The summed E-state index contributed by atoms with van der Waals surface area (Å²) in [6, 6.07) is 6.87. The van der Waals surface area contributed by atoms with Crippen LogP contribution in [0.4, 0.5) is 13.2 Å². The Morgan fingerprint density at radius 2 is 1.80 bits per heavy atom. The molecule has 0 amide bonds. The van der Waals surface area contributed by atoms with Crippen LogP contribution in [0.2, 0.25) is 0 Å². The van der Waals surface area contributed by atoms with Gasteiger partial charge in [0.05, 0.1) is 0 Å². The molecule has 104 valence electrons. The average molecular weight is 280 g/mol. The number of benzene rings is 2. The van der Waals surface area contributed by atoms with Crippen LogP contribution in [-0.4, -0.2) is 5.84 Å². The molecule has 0 aliphatic carbocycles. The van der Waals surface area contributed by atoms with Gasteiger partial charge in [-0.05, 0) is 24.3 Å². The van der Waals surface area contributed by atoms with Crippen molar-refractivity contribution < 1.29 is 17.9 Å².